The van der Waals surface area contributed by atoms with Crippen molar-refractivity contribution >= 4 is 23.7 Å². The van der Waals surface area contributed by atoms with Gasteiger partial charge in [-0.25, -0.2) is 4.79 Å². The number of ether oxygens (including phenoxy) is 1. The van der Waals surface area contributed by atoms with Gasteiger partial charge in [-0.1, -0.05) is 12.1 Å². The molecule has 20 heavy (non-hydrogen) atoms. The Morgan fingerprint density at radius 3 is 2.40 bits per heavy atom. The van der Waals surface area contributed by atoms with Gasteiger partial charge in [0.2, 0.25) is 0 Å². The molecule has 0 radical (unpaired) electrons. The number of anilines is 2. The maximum atomic E-state index is 11.9. The van der Waals surface area contributed by atoms with E-state index in [4.69, 9.17) is 4.74 Å². The Morgan fingerprint density at radius 1 is 1.05 bits per heavy atom. The summed E-state index contributed by atoms with van der Waals surface area (Å²) in [7, 11) is 1.54. The van der Waals surface area contributed by atoms with Crippen molar-refractivity contribution in [3.63, 3.8) is 0 Å². The highest BCUT2D eigenvalue weighted by atomic mass is 16.5. The minimum absolute atomic E-state index is 0.381. The van der Waals surface area contributed by atoms with Gasteiger partial charge in [-0.05, 0) is 36.4 Å². The molecule has 0 unspecified atom stereocenters. The van der Waals surface area contributed by atoms with Gasteiger partial charge in [0.15, 0.2) is 0 Å². The second-order valence-electron chi connectivity index (χ2n) is 4.02. The number of nitrogens with one attached hydrogen (secondary N) is 2. The zero-order chi connectivity index (χ0) is 14.4. The summed E-state index contributed by atoms with van der Waals surface area (Å²) in [5, 5.41) is 5.37. The van der Waals surface area contributed by atoms with Crippen LogP contribution in [-0.2, 0) is 0 Å². The van der Waals surface area contributed by atoms with Crippen LogP contribution in [0.15, 0.2) is 48.5 Å². The SMILES string of the molecule is COc1ccccc1NC(=O)Nc1ccc(C=O)cc1. The van der Waals surface area contributed by atoms with E-state index < -0.39 is 0 Å². The standard InChI is InChI=1S/C15H14N2O3/c1-20-14-5-3-2-4-13(14)17-15(19)16-12-8-6-11(10-18)7-9-12/h2-10H,1H3,(H2,16,17,19). The Balaban J connectivity index is 2.03. The third-order valence-electron chi connectivity index (χ3n) is 2.66. The normalized spacial score (nSPS) is 9.65. The molecule has 0 aliphatic heterocycles. The van der Waals surface area contributed by atoms with Crippen molar-refractivity contribution in [1.29, 1.82) is 0 Å². The highest BCUT2D eigenvalue weighted by molar-refractivity contribution is 6.00. The van der Waals surface area contributed by atoms with Crippen LogP contribution in [0.5, 0.6) is 5.75 Å². The first-order valence-corrected chi connectivity index (χ1v) is 5.99. The molecule has 0 heterocycles. The quantitative estimate of drug-likeness (QED) is 0.838. The van der Waals surface area contributed by atoms with Gasteiger partial charge in [-0.2, -0.15) is 0 Å². The molecule has 2 rings (SSSR count). The molecule has 5 heteroatoms. The molecule has 0 aliphatic rings. The molecule has 0 saturated heterocycles. The summed E-state index contributed by atoms with van der Waals surface area (Å²) < 4.78 is 5.15. The van der Waals surface area contributed by atoms with Crippen molar-refractivity contribution in [2.75, 3.05) is 17.7 Å². The first-order valence-electron chi connectivity index (χ1n) is 5.99. The van der Waals surface area contributed by atoms with Gasteiger partial charge in [0.1, 0.15) is 12.0 Å². The lowest BCUT2D eigenvalue weighted by molar-refractivity contribution is 0.112. The van der Waals surface area contributed by atoms with Crippen molar-refractivity contribution in [3.8, 4) is 5.75 Å². The van der Waals surface area contributed by atoms with E-state index in [1.165, 1.54) is 7.11 Å². The molecule has 0 atom stereocenters. The van der Waals surface area contributed by atoms with E-state index in [0.29, 0.717) is 22.7 Å². The zero-order valence-electron chi connectivity index (χ0n) is 10.9. The third-order valence-corrected chi connectivity index (χ3v) is 2.66. The number of aldehydes is 1. The molecule has 0 saturated carbocycles. The van der Waals surface area contributed by atoms with Crippen molar-refractivity contribution < 1.29 is 14.3 Å². The van der Waals surface area contributed by atoms with Crippen LogP contribution in [0.25, 0.3) is 0 Å². The molecule has 2 N–H and O–H groups in total. The van der Waals surface area contributed by atoms with Crippen LogP contribution in [0.2, 0.25) is 0 Å². The molecule has 2 aromatic carbocycles. The molecule has 2 amide bonds. The predicted molar refractivity (Wildman–Crippen MR) is 77.5 cm³/mol. The van der Waals surface area contributed by atoms with E-state index in [0.717, 1.165) is 6.29 Å². The maximum Gasteiger partial charge on any atom is 0.323 e. The zero-order valence-corrected chi connectivity index (χ0v) is 10.9. The summed E-state index contributed by atoms with van der Waals surface area (Å²) in [5.74, 6) is 0.582. The van der Waals surface area contributed by atoms with E-state index in [1.54, 1.807) is 42.5 Å². The lowest BCUT2D eigenvalue weighted by Crippen LogP contribution is -2.19. The smallest absolute Gasteiger partial charge is 0.323 e. The molecule has 5 nitrogen and oxygen atoms in total. The number of carbonyl (C=O) groups excluding carboxylic acids is 2. The fraction of sp³-hybridized carbons (Fsp3) is 0.0667. The number of benzene rings is 2. The molecule has 0 aliphatic carbocycles. The van der Waals surface area contributed by atoms with Crippen molar-refractivity contribution in [3.05, 3.63) is 54.1 Å². The van der Waals surface area contributed by atoms with Gasteiger partial charge in [0.05, 0.1) is 12.8 Å². The molecule has 0 fully saturated rings. The topological polar surface area (TPSA) is 67.4 Å². The van der Waals surface area contributed by atoms with Crippen LogP contribution in [0.1, 0.15) is 10.4 Å². The first kappa shape index (κ1) is 13.6. The van der Waals surface area contributed by atoms with Crippen LogP contribution in [0, 0.1) is 0 Å². The minimum atomic E-state index is -0.381. The monoisotopic (exact) mass is 270 g/mol. The van der Waals surface area contributed by atoms with Crippen LogP contribution in [-0.4, -0.2) is 19.4 Å². The summed E-state index contributed by atoms with van der Waals surface area (Å²) in [4.78, 5) is 22.4. The highest BCUT2D eigenvalue weighted by Gasteiger charge is 2.06. The number of hydrogen-bond donors (Lipinski definition) is 2. The number of urea groups is 1. The Hall–Kier alpha value is -2.82. The van der Waals surface area contributed by atoms with E-state index in [1.807, 2.05) is 6.07 Å². The molecular formula is C15H14N2O3. The predicted octanol–water partition coefficient (Wildman–Crippen LogP) is 3.15. The lowest BCUT2D eigenvalue weighted by atomic mass is 10.2. The Labute approximate surface area is 116 Å². The van der Waals surface area contributed by atoms with Crippen molar-refractivity contribution in [2.45, 2.75) is 0 Å². The van der Waals surface area contributed by atoms with E-state index in [2.05, 4.69) is 10.6 Å². The van der Waals surface area contributed by atoms with Gasteiger partial charge < -0.3 is 15.4 Å². The Morgan fingerprint density at radius 2 is 1.75 bits per heavy atom. The number of para-hydroxylation sites is 2. The fourth-order valence-corrected chi connectivity index (χ4v) is 1.68. The van der Waals surface area contributed by atoms with Crippen molar-refractivity contribution in [2.24, 2.45) is 0 Å². The largest absolute Gasteiger partial charge is 0.495 e. The highest BCUT2D eigenvalue weighted by Crippen LogP contribution is 2.23. The summed E-state index contributed by atoms with van der Waals surface area (Å²) in [5.41, 5.74) is 1.74. The number of carbonyl (C=O) groups is 2. The molecule has 0 aromatic heterocycles. The average molecular weight is 270 g/mol. The second-order valence-corrected chi connectivity index (χ2v) is 4.02. The van der Waals surface area contributed by atoms with E-state index in [9.17, 15) is 9.59 Å². The van der Waals surface area contributed by atoms with Crippen molar-refractivity contribution in [1.82, 2.24) is 0 Å². The maximum absolute atomic E-state index is 11.9. The molecule has 0 spiro atoms. The molecule has 102 valence electrons. The molecule has 0 bridgehead atoms. The number of amides is 2. The van der Waals surface area contributed by atoms with Gasteiger partial charge in [0.25, 0.3) is 0 Å². The fourth-order valence-electron chi connectivity index (χ4n) is 1.68. The van der Waals surface area contributed by atoms with Crippen LogP contribution in [0.4, 0.5) is 16.2 Å². The second kappa shape index (κ2) is 6.38. The van der Waals surface area contributed by atoms with E-state index >= 15 is 0 Å². The van der Waals surface area contributed by atoms with Crippen LogP contribution >= 0.6 is 0 Å². The Kier molecular flexibility index (Phi) is 4.34. The van der Waals surface area contributed by atoms with Gasteiger partial charge in [-0.15, -0.1) is 0 Å². The summed E-state index contributed by atoms with van der Waals surface area (Å²) in [6, 6.07) is 13.3. The minimum Gasteiger partial charge on any atom is -0.495 e. The van der Waals surface area contributed by atoms with Gasteiger partial charge in [0, 0.05) is 11.3 Å². The first-order chi connectivity index (χ1) is 9.72. The summed E-state index contributed by atoms with van der Waals surface area (Å²) in [6.07, 6.45) is 0.749. The van der Waals surface area contributed by atoms with E-state index in [-0.39, 0.29) is 6.03 Å². The molecular weight excluding hydrogens is 256 g/mol. The average Bonchev–Trinajstić information content (AvgIpc) is 2.48. The number of rotatable bonds is 4. The number of hydrogen-bond acceptors (Lipinski definition) is 3. The number of methoxy groups -OCH3 is 1. The van der Waals surface area contributed by atoms with Crippen LogP contribution in [0.3, 0.4) is 0 Å². The van der Waals surface area contributed by atoms with Gasteiger partial charge in [-0.3, -0.25) is 4.79 Å². The summed E-state index contributed by atoms with van der Waals surface area (Å²) >= 11 is 0. The van der Waals surface area contributed by atoms with Crippen LogP contribution < -0.4 is 15.4 Å². The van der Waals surface area contributed by atoms with Gasteiger partial charge >= 0.3 is 6.03 Å². The lowest BCUT2D eigenvalue weighted by Gasteiger charge is -2.10. The Bertz CT molecular complexity index is 609. The summed E-state index contributed by atoms with van der Waals surface area (Å²) in [6.45, 7) is 0. The third kappa shape index (κ3) is 3.35. The molecule has 2 aromatic rings.